The first-order valence-corrected chi connectivity index (χ1v) is 14.6. The molecule has 1 aliphatic rings. The van der Waals surface area contributed by atoms with E-state index in [1.165, 1.54) is 12.7 Å². The van der Waals surface area contributed by atoms with Crippen LogP contribution in [0.4, 0.5) is 17.1 Å². The number of methoxy groups -OCH3 is 1. The number of isocyanates is 1. The molecule has 5 rings (SSSR count). The Morgan fingerprint density at radius 3 is 2.57 bits per heavy atom. The van der Waals surface area contributed by atoms with Gasteiger partial charge >= 0.3 is 12.0 Å². The SMILES string of the molecule is COc1cc(N2CCCCc3ccccc32)ccc1C(=O)[N+](=C=O)c1c(C)c(C)cc2c1nc(C(C)(C)C)n2CO[Si]. The zero-order valence-electron chi connectivity index (χ0n) is 25.1. The van der Waals surface area contributed by atoms with Crippen LogP contribution in [0.15, 0.2) is 48.5 Å². The third kappa shape index (κ3) is 5.20. The molecule has 0 unspecified atom stereocenters. The number of aryl methyl sites for hydroxylation is 2. The van der Waals surface area contributed by atoms with E-state index in [9.17, 15) is 9.59 Å². The molecular weight excluding hydrogens is 544 g/mol. The Bertz CT molecular complexity index is 1730. The maximum atomic E-state index is 14.1. The van der Waals surface area contributed by atoms with Crippen molar-refractivity contribution in [3.05, 3.63) is 76.6 Å². The van der Waals surface area contributed by atoms with E-state index in [0.29, 0.717) is 17.0 Å². The lowest BCUT2D eigenvalue weighted by Crippen LogP contribution is -2.20. The summed E-state index contributed by atoms with van der Waals surface area (Å²) in [7, 11) is 4.67. The number of nitrogens with zero attached hydrogens (tertiary/aromatic N) is 4. The van der Waals surface area contributed by atoms with Gasteiger partial charge in [0.1, 0.15) is 23.9 Å². The number of hydrogen-bond acceptors (Lipinski definition) is 6. The first-order valence-electron chi connectivity index (χ1n) is 14.2. The number of hydrogen-bond donors (Lipinski definition) is 0. The number of aromatic nitrogens is 2. The summed E-state index contributed by atoms with van der Waals surface area (Å²) in [6.45, 7) is 11.1. The van der Waals surface area contributed by atoms with E-state index in [0.717, 1.165) is 64.2 Å². The standard InChI is InChI=1S/C33H36N4O4Si/c1-21-17-27-29(34-32(33(3,4)5)37(27)20-41-42)30(22(21)2)36(19-38)31(39)25-15-14-24(18-28(25)40-6)35-16-10-9-12-23-11-7-8-13-26(23)35/h7-8,11,13-15,17-18H,9-10,12,16,20H2,1-6H3/q+1. The van der Waals surface area contributed by atoms with Crippen LogP contribution in [0.3, 0.4) is 0 Å². The number of carbonyl (C=O) groups excluding carboxylic acids is 2. The number of para-hydroxylation sites is 1. The van der Waals surface area contributed by atoms with Crippen LogP contribution in [-0.4, -0.2) is 50.3 Å². The summed E-state index contributed by atoms with van der Waals surface area (Å²) in [5.41, 5.74) is 6.68. The molecule has 1 aliphatic heterocycles. The van der Waals surface area contributed by atoms with Crippen molar-refractivity contribution in [1.29, 1.82) is 0 Å². The highest BCUT2D eigenvalue weighted by Crippen LogP contribution is 2.38. The van der Waals surface area contributed by atoms with Crippen molar-refractivity contribution < 1.29 is 23.3 Å². The monoisotopic (exact) mass is 580 g/mol. The van der Waals surface area contributed by atoms with Crippen LogP contribution in [0, 0.1) is 13.8 Å². The second kappa shape index (κ2) is 11.7. The number of ether oxygens (including phenoxy) is 1. The molecule has 0 bridgehead atoms. The fourth-order valence-corrected chi connectivity index (χ4v) is 5.93. The smallest absolute Gasteiger partial charge is 0.440 e. The highest BCUT2D eigenvalue weighted by molar-refractivity contribution is 5.99. The average Bonchev–Trinajstić information content (AvgIpc) is 3.19. The third-order valence-corrected chi connectivity index (χ3v) is 8.13. The zero-order valence-corrected chi connectivity index (χ0v) is 26.1. The summed E-state index contributed by atoms with van der Waals surface area (Å²) in [6.07, 6.45) is 5.10. The molecule has 0 saturated heterocycles. The Labute approximate surface area is 250 Å². The average molecular weight is 581 g/mol. The molecule has 3 radical (unpaired) electrons. The molecule has 215 valence electrons. The van der Waals surface area contributed by atoms with Gasteiger partial charge in [-0.2, -0.15) is 4.79 Å². The maximum Gasteiger partial charge on any atom is 0.440 e. The highest BCUT2D eigenvalue weighted by atomic mass is 28.2. The fraction of sp³-hybridized carbons (Fsp3) is 0.364. The molecule has 0 atom stereocenters. The van der Waals surface area contributed by atoms with E-state index in [1.807, 2.05) is 48.8 Å². The van der Waals surface area contributed by atoms with Crippen molar-refractivity contribution in [2.45, 2.75) is 66.0 Å². The van der Waals surface area contributed by atoms with Crippen molar-refractivity contribution in [3.63, 3.8) is 0 Å². The molecule has 42 heavy (non-hydrogen) atoms. The van der Waals surface area contributed by atoms with Gasteiger partial charge in [0.25, 0.3) is 5.69 Å². The van der Waals surface area contributed by atoms with Crippen molar-refractivity contribution in [3.8, 4) is 5.75 Å². The minimum Gasteiger partial charge on any atom is -0.496 e. The number of rotatable bonds is 6. The Balaban J connectivity index is 1.63. The van der Waals surface area contributed by atoms with Gasteiger partial charge in [-0.1, -0.05) is 39.0 Å². The van der Waals surface area contributed by atoms with Crippen LogP contribution in [0.1, 0.15) is 66.5 Å². The quantitative estimate of drug-likeness (QED) is 0.115. The molecule has 2 heterocycles. The molecule has 8 nitrogen and oxygen atoms in total. The lowest BCUT2D eigenvalue weighted by atomic mass is 9.96. The molecule has 0 aliphatic carbocycles. The first-order chi connectivity index (χ1) is 20.1. The molecule has 1 amide bonds. The summed E-state index contributed by atoms with van der Waals surface area (Å²) < 4.78 is 14.0. The van der Waals surface area contributed by atoms with Gasteiger partial charge in [0.05, 0.1) is 12.6 Å². The van der Waals surface area contributed by atoms with Crippen LogP contribution in [-0.2, 0) is 27.8 Å². The van der Waals surface area contributed by atoms with Gasteiger partial charge in [0.15, 0.2) is 5.52 Å². The normalized spacial score (nSPS) is 13.5. The van der Waals surface area contributed by atoms with Crippen molar-refractivity contribution >= 4 is 50.6 Å². The van der Waals surface area contributed by atoms with E-state index in [2.05, 4.69) is 54.4 Å². The highest BCUT2D eigenvalue weighted by Gasteiger charge is 2.35. The van der Waals surface area contributed by atoms with E-state index >= 15 is 0 Å². The van der Waals surface area contributed by atoms with Crippen LogP contribution >= 0.6 is 0 Å². The van der Waals surface area contributed by atoms with Gasteiger partial charge in [-0.05, 0) is 73.1 Å². The summed E-state index contributed by atoms with van der Waals surface area (Å²) in [5.74, 6) is 0.609. The summed E-state index contributed by atoms with van der Waals surface area (Å²) in [6, 6.07) is 15.9. The van der Waals surface area contributed by atoms with Gasteiger partial charge < -0.3 is 18.6 Å². The Morgan fingerprint density at radius 2 is 1.88 bits per heavy atom. The summed E-state index contributed by atoms with van der Waals surface area (Å²) >= 11 is 0. The number of imidazole rings is 1. The predicted octanol–water partition coefficient (Wildman–Crippen LogP) is 6.31. The minimum absolute atomic E-state index is 0.204. The van der Waals surface area contributed by atoms with E-state index in [-0.39, 0.29) is 17.7 Å². The number of benzene rings is 3. The fourth-order valence-electron chi connectivity index (χ4n) is 5.80. The molecule has 0 N–H and O–H groups in total. The van der Waals surface area contributed by atoms with Gasteiger partial charge in [0, 0.05) is 35.0 Å². The van der Waals surface area contributed by atoms with Crippen LogP contribution in [0.2, 0.25) is 0 Å². The van der Waals surface area contributed by atoms with Gasteiger partial charge in [0.2, 0.25) is 10.5 Å². The molecule has 0 saturated carbocycles. The number of fused-ring (bicyclic) bond motifs is 2. The molecule has 0 spiro atoms. The van der Waals surface area contributed by atoms with Crippen LogP contribution in [0.5, 0.6) is 5.75 Å². The summed E-state index contributed by atoms with van der Waals surface area (Å²) in [5, 5.41) is 0. The van der Waals surface area contributed by atoms with Crippen LogP contribution < -0.4 is 9.64 Å². The van der Waals surface area contributed by atoms with E-state index in [1.54, 1.807) is 6.07 Å². The van der Waals surface area contributed by atoms with Crippen LogP contribution in [0.25, 0.3) is 11.0 Å². The predicted molar refractivity (Wildman–Crippen MR) is 164 cm³/mol. The zero-order chi connectivity index (χ0) is 30.2. The van der Waals surface area contributed by atoms with Crippen molar-refractivity contribution in [2.75, 3.05) is 18.6 Å². The lowest BCUT2D eigenvalue weighted by Gasteiger charge is -2.25. The Kier molecular flexibility index (Phi) is 8.19. The lowest BCUT2D eigenvalue weighted by molar-refractivity contribution is -0.331. The largest absolute Gasteiger partial charge is 0.496 e. The van der Waals surface area contributed by atoms with Gasteiger partial charge in [-0.15, -0.1) is 0 Å². The number of anilines is 2. The number of amides is 1. The second-order valence-electron chi connectivity index (χ2n) is 11.8. The minimum atomic E-state index is -0.539. The van der Waals surface area contributed by atoms with E-state index in [4.69, 9.17) is 14.1 Å². The third-order valence-electron chi connectivity index (χ3n) is 8.00. The molecule has 0 fully saturated rings. The Morgan fingerprint density at radius 1 is 1.12 bits per heavy atom. The Hall–Kier alpha value is -4.04. The van der Waals surface area contributed by atoms with E-state index < -0.39 is 5.91 Å². The van der Waals surface area contributed by atoms with Gasteiger partial charge in [-0.25, -0.2) is 9.78 Å². The molecule has 4 aromatic rings. The second-order valence-corrected chi connectivity index (χ2v) is 12.1. The first kappa shape index (κ1) is 29.4. The van der Waals surface area contributed by atoms with Gasteiger partial charge in [-0.3, -0.25) is 0 Å². The molecule has 9 heteroatoms. The molecule has 1 aromatic heterocycles. The maximum absolute atomic E-state index is 14.1. The molecular formula is C33H36N4O4Si+. The van der Waals surface area contributed by atoms with Crippen molar-refractivity contribution in [1.82, 2.24) is 9.55 Å². The number of carbonyl (C=O) groups is 1. The topological polar surface area (TPSA) is 76.7 Å². The summed E-state index contributed by atoms with van der Waals surface area (Å²) in [4.78, 5) is 33.9. The van der Waals surface area contributed by atoms with Crippen molar-refractivity contribution in [2.24, 2.45) is 0 Å². The molecule has 3 aromatic carbocycles.